The molecule has 2 rings (SSSR count). The molecule has 19 heavy (non-hydrogen) atoms. The Balaban J connectivity index is 2.37. The van der Waals surface area contributed by atoms with Crippen LogP contribution in [0.15, 0.2) is 17.3 Å². The number of nitrogens with two attached hydrogens (primary N) is 1. The molecule has 0 radical (unpaired) electrons. The zero-order valence-electron chi connectivity index (χ0n) is 10.7. The number of halogens is 1. The molecule has 0 amide bonds. The number of hydrogen-bond acceptors (Lipinski definition) is 4. The van der Waals surface area contributed by atoms with Gasteiger partial charge in [-0.15, -0.1) is 0 Å². The molecule has 102 valence electrons. The second-order valence-corrected chi connectivity index (χ2v) is 4.89. The van der Waals surface area contributed by atoms with Crippen molar-refractivity contribution in [2.24, 2.45) is 10.7 Å². The van der Waals surface area contributed by atoms with Crippen molar-refractivity contribution in [3.63, 3.8) is 0 Å². The van der Waals surface area contributed by atoms with Crippen LogP contribution in [-0.4, -0.2) is 29.3 Å². The van der Waals surface area contributed by atoms with Gasteiger partial charge in [0.15, 0.2) is 11.1 Å². The number of Topliss-reactive ketones (excluding diaryl/α,β-unsaturated/α-hetero) is 1. The molecule has 1 aliphatic heterocycles. The normalized spacial score (nSPS) is 17.5. The van der Waals surface area contributed by atoms with Gasteiger partial charge in [0.1, 0.15) is 0 Å². The Morgan fingerprint density at radius 3 is 2.79 bits per heavy atom. The molecule has 6 heteroatoms. The highest BCUT2D eigenvalue weighted by Gasteiger charge is 2.19. The van der Waals surface area contributed by atoms with Crippen LogP contribution in [0.2, 0.25) is 0 Å². The molecule has 1 saturated heterocycles. The van der Waals surface area contributed by atoms with Crippen LogP contribution in [0, 0.1) is 0 Å². The number of aromatic nitrogens is 1. The molecule has 0 bridgehead atoms. The fourth-order valence-corrected chi connectivity index (χ4v) is 2.25. The van der Waals surface area contributed by atoms with E-state index in [2.05, 4.69) is 9.98 Å². The van der Waals surface area contributed by atoms with Gasteiger partial charge in [-0.2, -0.15) is 0 Å². The highest BCUT2D eigenvalue weighted by Crippen LogP contribution is 2.29. The summed E-state index contributed by atoms with van der Waals surface area (Å²) in [6, 6.07) is 1.79. The molecule has 0 aliphatic carbocycles. The van der Waals surface area contributed by atoms with Crippen molar-refractivity contribution in [3.05, 3.63) is 23.5 Å². The van der Waals surface area contributed by atoms with Crippen molar-refractivity contribution in [1.82, 2.24) is 4.98 Å². The Labute approximate surface area is 116 Å². The first-order valence-electron chi connectivity index (χ1n) is 6.16. The van der Waals surface area contributed by atoms with Crippen molar-refractivity contribution >= 4 is 28.4 Å². The predicted octanol–water partition coefficient (Wildman–Crippen LogP) is 2.36. The maximum absolute atomic E-state index is 11.5. The van der Waals surface area contributed by atoms with E-state index in [4.69, 9.17) is 22.1 Å². The first kappa shape index (κ1) is 14.0. The highest BCUT2D eigenvalue weighted by atomic mass is 35.5. The summed E-state index contributed by atoms with van der Waals surface area (Å²) < 4.78 is 5.33. The van der Waals surface area contributed by atoms with E-state index in [1.54, 1.807) is 12.3 Å². The van der Waals surface area contributed by atoms with Crippen molar-refractivity contribution in [2.75, 3.05) is 13.2 Å². The number of amidine groups is 1. The molecule has 1 aliphatic rings. The lowest BCUT2D eigenvalue weighted by atomic mass is 9.95. The molecule has 5 nitrogen and oxygen atoms in total. The molecule has 0 saturated carbocycles. The lowest BCUT2D eigenvalue weighted by molar-refractivity contribution is 0.0844. The number of nitrogens with zero attached hydrogens (tertiary/aromatic N) is 2. The number of ether oxygens (including phenoxy) is 1. The van der Waals surface area contributed by atoms with Crippen LogP contribution in [0.25, 0.3) is 0 Å². The maximum atomic E-state index is 11.5. The third-order valence-corrected chi connectivity index (χ3v) is 3.23. The van der Waals surface area contributed by atoms with Crippen LogP contribution in [0.1, 0.15) is 41.7 Å². The lowest BCUT2D eigenvalue weighted by Crippen LogP contribution is -2.15. The van der Waals surface area contributed by atoms with Crippen molar-refractivity contribution < 1.29 is 9.53 Å². The Morgan fingerprint density at radius 1 is 1.53 bits per heavy atom. The lowest BCUT2D eigenvalue weighted by Gasteiger charge is -2.21. The van der Waals surface area contributed by atoms with E-state index >= 15 is 0 Å². The summed E-state index contributed by atoms with van der Waals surface area (Å²) >= 11 is 5.60. The van der Waals surface area contributed by atoms with Gasteiger partial charge in [0.25, 0.3) is 0 Å². The van der Waals surface area contributed by atoms with E-state index in [1.165, 1.54) is 6.92 Å². The highest BCUT2D eigenvalue weighted by molar-refractivity contribution is 6.64. The van der Waals surface area contributed by atoms with Gasteiger partial charge < -0.3 is 10.5 Å². The summed E-state index contributed by atoms with van der Waals surface area (Å²) in [5, 5.41) is -0.0911. The number of hydrogen-bond donors (Lipinski definition) is 1. The standard InChI is InChI=1S/C13H16ClN3O2/c1-8(18)10-7-16-11(6-12(10)17-13(14)15)9-2-4-19-5-3-9/h6-7,9H,2-5H2,1H3,(H2,15,16,17). The minimum Gasteiger partial charge on any atom is -0.381 e. The molecule has 1 fully saturated rings. The first-order chi connectivity index (χ1) is 9.08. The number of ketones is 1. The Kier molecular flexibility index (Phi) is 4.50. The molecule has 0 unspecified atom stereocenters. The van der Waals surface area contributed by atoms with E-state index in [-0.39, 0.29) is 11.1 Å². The molecule has 0 atom stereocenters. The number of carbonyl (C=O) groups excluding carboxylic acids is 1. The third-order valence-electron chi connectivity index (χ3n) is 3.15. The SMILES string of the molecule is CC(=O)c1cnc(C2CCOCC2)cc1N=C(N)Cl. The van der Waals surface area contributed by atoms with Crippen molar-refractivity contribution in [2.45, 2.75) is 25.7 Å². The summed E-state index contributed by atoms with van der Waals surface area (Å²) in [6.45, 7) is 2.93. The van der Waals surface area contributed by atoms with Gasteiger partial charge in [0, 0.05) is 31.0 Å². The third kappa shape index (κ3) is 3.52. The second-order valence-electron chi connectivity index (χ2n) is 4.50. The van der Waals surface area contributed by atoms with Gasteiger partial charge in [-0.05, 0) is 37.4 Å². The van der Waals surface area contributed by atoms with Crippen molar-refractivity contribution in [3.8, 4) is 0 Å². The van der Waals surface area contributed by atoms with E-state index in [0.717, 1.165) is 31.7 Å². The summed E-state index contributed by atoms with van der Waals surface area (Å²) in [7, 11) is 0. The zero-order valence-corrected chi connectivity index (χ0v) is 11.5. The number of carbonyl (C=O) groups is 1. The predicted molar refractivity (Wildman–Crippen MR) is 74.2 cm³/mol. The Morgan fingerprint density at radius 2 is 2.21 bits per heavy atom. The quantitative estimate of drug-likeness (QED) is 0.399. The largest absolute Gasteiger partial charge is 0.381 e. The number of rotatable bonds is 3. The second kappa shape index (κ2) is 6.12. The molecule has 1 aromatic heterocycles. The molecule has 0 aromatic carbocycles. The van der Waals surface area contributed by atoms with Crippen LogP contribution in [-0.2, 0) is 4.74 Å². The van der Waals surface area contributed by atoms with Crippen LogP contribution < -0.4 is 5.73 Å². The fourth-order valence-electron chi connectivity index (χ4n) is 2.16. The molecule has 0 spiro atoms. The fraction of sp³-hybridized carbons (Fsp3) is 0.462. The summed E-state index contributed by atoms with van der Waals surface area (Å²) in [5.74, 6) is 0.225. The van der Waals surface area contributed by atoms with Gasteiger partial charge in [0.05, 0.1) is 11.3 Å². The average molecular weight is 282 g/mol. The minimum atomic E-state index is -0.109. The average Bonchev–Trinajstić information content (AvgIpc) is 2.38. The van der Waals surface area contributed by atoms with E-state index in [9.17, 15) is 4.79 Å². The van der Waals surface area contributed by atoms with Gasteiger partial charge in [-0.25, -0.2) is 4.99 Å². The smallest absolute Gasteiger partial charge is 0.193 e. The number of aliphatic imine (C=N–C) groups is 1. The van der Waals surface area contributed by atoms with Gasteiger partial charge in [-0.3, -0.25) is 9.78 Å². The van der Waals surface area contributed by atoms with Crippen LogP contribution in [0.4, 0.5) is 5.69 Å². The summed E-state index contributed by atoms with van der Waals surface area (Å²) in [6.07, 6.45) is 3.39. The molecular formula is C13H16ClN3O2. The molecule has 1 aromatic rings. The van der Waals surface area contributed by atoms with E-state index < -0.39 is 0 Å². The summed E-state index contributed by atoms with van der Waals surface area (Å²) in [4.78, 5) is 19.9. The monoisotopic (exact) mass is 281 g/mol. The van der Waals surface area contributed by atoms with Gasteiger partial charge in [0.2, 0.25) is 0 Å². The number of pyridine rings is 1. The summed E-state index contributed by atoms with van der Waals surface area (Å²) in [5.41, 5.74) is 7.21. The molecular weight excluding hydrogens is 266 g/mol. The van der Waals surface area contributed by atoms with Gasteiger partial charge >= 0.3 is 0 Å². The zero-order chi connectivity index (χ0) is 13.8. The molecule has 2 heterocycles. The van der Waals surface area contributed by atoms with Crippen molar-refractivity contribution in [1.29, 1.82) is 0 Å². The molecule has 2 N–H and O–H groups in total. The first-order valence-corrected chi connectivity index (χ1v) is 6.54. The van der Waals surface area contributed by atoms with Crippen LogP contribution in [0.3, 0.4) is 0 Å². The van der Waals surface area contributed by atoms with Crippen LogP contribution in [0.5, 0.6) is 0 Å². The van der Waals surface area contributed by atoms with E-state index in [1.807, 2.05) is 0 Å². The van der Waals surface area contributed by atoms with Gasteiger partial charge in [-0.1, -0.05) is 0 Å². The Bertz CT molecular complexity index is 507. The van der Waals surface area contributed by atoms with Crippen LogP contribution >= 0.6 is 11.6 Å². The topological polar surface area (TPSA) is 77.6 Å². The van der Waals surface area contributed by atoms with E-state index in [0.29, 0.717) is 17.2 Å². The Hall–Kier alpha value is -1.46. The minimum absolute atomic E-state index is 0.0911. The maximum Gasteiger partial charge on any atom is 0.193 e.